The molecule has 2 rings (SSSR count). The van der Waals surface area contributed by atoms with Gasteiger partial charge in [0.25, 0.3) is 5.91 Å². The van der Waals surface area contributed by atoms with Gasteiger partial charge in [-0.2, -0.15) is 0 Å². The fourth-order valence-corrected chi connectivity index (χ4v) is 1.94. The molecule has 22 heavy (non-hydrogen) atoms. The molecule has 1 amide bonds. The van der Waals surface area contributed by atoms with Crippen molar-refractivity contribution in [3.8, 4) is 0 Å². The number of ketones is 1. The lowest BCUT2D eigenvalue weighted by Crippen LogP contribution is -2.16. The highest BCUT2D eigenvalue weighted by atomic mass is 19.1. The predicted octanol–water partition coefficient (Wildman–Crippen LogP) is 2.98. The first-order valence-electron chi connectivity index (χ1n) is 6.34. The Morgan fingerprint density at radius 3 is 2.23 bits per heavy atom. The van der Waals surface area contributed by atoms with Crippen molar-refractivity contribution in [1.82, 2.24) is 0 Å². The molecule has 0 aromatic heterocycles. The molecular formula is C16H12FNO4. The van der Waals surface area contributed by atoms with Crippen LogP contribution in [0.25, 0.3) is 0 Å². The van der Waals surface area contributed by atoms with Crippen molar-refractivity contribution in [1.29, 1.82) is 0 Å². The lowest BCUT2D eigenvalue weighted by molar-refractivity contribution is 0.0692. The topological polar surface area (TPSA) is 83.5 Å². The Hall–Kier alpha value is -3.02. The lowest BCUT2D eigenvalue weighted by atomic mass is 10.1. The summed E-state index contributed by atoms with van der Waals surface area (Å²) in [4.78, 5) is 34.5. The molecule has 6 heteroatoms. The van der Waals surface area contributed by atoms with E-state index in [0.29, 0.717) is 0 Å². The van der Waals surface area contributed by atoms with Gasteiger partial charge in [-0.3, -0.25) is 9.59 Å². The Bertz CT molecular complexity index is 770. The third-order valence-electron chi connectivity index (χ3n) is 3.01. The zero-order valence-electron chi connectivity index (χ0n) is 11.6. The molecule has 2 aromatic carbocycles. The van der Waals surface area contributed by atoms with Crippen molar-refractivity contribution in [2.45, 2.75) is 6.92 Å². The standard InChI is InChI=1S/C16H12FNO4/c1-9(19)13-8-10(6-7-14(13)17)18-15(20)11-4-2-3-5-12(11)16(21)22/h2-8H,1H3,(H,18,20)(H,21,22). The fourth-order valence-electron chi connectivity index (χ4n) is 1.94. The molecule has 0 saturated carbocycles. The Labute approximate surface area is 125 Å². The average molecular weight is 301 g/mol. The summed E-state index contributed by atoms with van der Waals surface area (Å²) in [7, 11) is 0. The van der Waals surface area contributed by atoms with Gasteiger partial charge < -0.3 is 10.4 Å². The van der Waals surface area contributed by atoms with Crippen LogP contribution in [0.4, 0.5) is 10.1 Å². The molecule has 112 valence electrons. The third-order valence-corrected chi connectivity index (χ3v) is 3.01. The maximum Gasteiger partial charge on any atom is 0.336 e. The van der Waals surface area contributed by atoms with Gasteiger partial charge in [0.15, 0.2) is 5.78 Å². The van der Waals surface area contributed by atoms with Crippen molar-refractivity contribution >= 4 is 23.3 Å². The molecule has 2 aromatic rings. The van der Waals surface area contributed by atoms with Gasteiger partial charge in [-0.05, 0) is 37.3 Å². The zero-order chi connectivity index (χ0) is 16.3. The molecule has 5 nitrogen and oxygen atoms in total. The molecule has 0 heterocycles. The number of nitrogens with one attached hydrogen (secondary N) is 1. The van der Waals surface area contributed by atoms with Gasteiger partial charge in [0.1, 0.15) is 5.82 Å². The quantitative estimate of drug-likeness (QED) is 0.850. The van der Waals surface area contributed by atoms with Crippen LogP contribution >= 0.6 is 0 Å². The van der Waals surface area contributed by atoms with Gasteiger partial charge >= 0.3 is 5.97 Å². The van der Waals surface area contributed by atoms with Gasteiger partial charge in [0, 0.05) is 5.69 Å². The summed E-state index contributed by atoms with van der Waals surface area (Å²) < 4.78 is 13.4. The van der Waals surface area contributed by atoms with E-state index < -0.39 is 23.5 Å². The number of hydrogen-bond acceptors (Lipinski definition) is 3. The number of Topliss-reactive ketones (excluding diaryl/α,β-unsaturated/α-hetero) is 1. The third kappa shape index (κ3) is 3.17. The van der Waals surface area contributed by atoms with E-state index in [2.05, 4.69) is 5.32 Å². The lowest BCUT2D eigenvalue weighted by Gasteiger charge is -2.09. The highest BCUT2D eigenvalue weighted by Crippen LogP contribution is 2.17. The van der Waals surface area contributed by atoms with E-state index in [9.17, 15) is 18.8 Å². The fraction of sp³-hybridized carbons (Fsp3) is 0.0625. The van der Waals surface area contributed by atoms with Crippen LogP contribution < -0.4 is 5.32 Å². The molecule has 0 unspecified atom stereocenters. The predicted molar refractivity (Wildman–Crippen MR) is 77.8 cm³/mol. The summed E-state index contributed by atoms with van der Waals surface area (Å²) in [5.41, 5.74) is -0.112. The van der Waals surface area contributed by atoms with E-state index in [1.807, 2.05) is 0 Å². The average Bonchev–Trinajstić information content (AvgIpc) is 2.48. The van der Waals surface area contributed by atoms with E-state index in [1.165, 1.54) is 43.3 Å². The molecule has 0 radical (unpaired) electrons. The second-order valence-electron chi connectivity index (χ2n) is 4.56. The maximum atomic E-state index is 13.4. The second kappa shape index (κ2) is 6.17. The number of benzene rings is 2. The number of aromatic carboxylic acids is 1. The van der Waals surface area contributed by atoms with Crippen LogP contribution in [0.5, 0.6) is 0 Å². The molecule has 0 spiro atoms. The minimum atomic E-state index is -1.23. The van der Waals surface area contributed by atoms with E-state index in [-0.39, 0.29) is 22.4 Å². The zero-order valence-corrected chi connectivity index (χ0v) is 11.6. The number of rotatable bonds is 4. The maximum absolute atomic E-state index is 13.4. The molecule has 2 N–H and O–H groups in total. The van der Waals surface area contributed by atoms with Crippen LogP contribution in [0.3, 0.4) is 0 Å². The molecule has 0 aliphatic carbocycles. The number of carboxylic acids is 1. The van der Waals surface area contributed by atoms with Gasteiger partial charge in [-0.25, -0.2) is 9.18 Å². The normalized spacial score (nSPS) is 10.1. The van der Waals surface area contributed by atoms with Crippen LogP contribution in [-0.2, 0) is 0 Å². The van der Waals surface area contributed by atoms with Crippen molar-refractivity contribution in [3.63, 3.8) is 0 Å². The highest BCUT2D eigenvalue weighted by molar-refractivity contribution is 6.11. The monoisotopic (exact) mass is 301 g/mol. The molecule has 0 bridgehead atoms. The van der Waals surface area contributed by atoms with Gasteiger partial charge in [-0.1, -0.05) is 12.1 Å². The largest absolute Gasteiger partial charge is 0.478 e. The van der Waals surface area contributed by atoms with Crippen LogP contribution in [0, 0.1) is 5.82 Å². The smallest absolute Gasteiger partial charge is 0.336 e. The highest BCUT2D eigenvalue weighted by Gasteiger charge is 2.16. The van der Waals surface area contributed by atoms with Crippen LogP contribution in [0.2, 0.25) is 0 Å². The van der Waals surface area contributed by atoms with E-state index >= 15 is 0 Å². The summed E-state index contributed by atoms with van der Waals surface area (Å²) in [5.74, 6) is -3.04. The molecule has 0 aliphatic rings. The van der Waals surface area contributed by atoms with Crippen molar-refractivity contribution in [2.75, 3.05) is 5.32 Å². The molecule has 0 fully saturated rings. The Kier molecular flexibility index (Phi) is 4.31. The minimum absolute atomic E-state index is 0.0244. The SMILES string of the molecule is CC(=O)c1cc(NC(=O)c2ccccc2C(=O)O)ccc1F. The van der Waals surface area contributed by atoms with E-state index in [0.717, 1.165) is 6.07 Å². The molecule has 0 atom stereocenters. The number of carboxylic acid groups (broad SMARTS) is 1. The number of carbonyl (C=O) groups is 3. The Morgan fingerprint density at radius 1 is 1.00 bits per heavy atom. The molecule has 0 aliphatic heterocycles. The minimum Gasteiger partial charge on any atom is -0.478 e. The van der Waals surface area contributed by atoms with Crippen molar-refractivity contribution < 1.29 is 23.9 Å². The first kappa shape index (κ1) is 15.4. The van der Waals surface area contributed by atoms with Crippen LogP contribution in [-0.4, -0.2) is 22.8 Å². The second-order valence-corrected chi connectivity index (χ2v) is 4.56. The van der Waals surface area contributed by atoms with Gasteiger partial charge in [0.2, 0.25) is 0 Å². The van der Waals surface area contributed by atoms with Gasteiger partial charge in [-0.15, -0.1) is 0 Å². The number of hydrogen-bond donors (Lipinski definition) is 2. The number of halogens is 1. The van der Waals surface area contributed by atoms with Crippen LogP contribution in [0.15, 0.2) is 42.5 Å². The first-order chi connectivity index (χ1) is 10.4. The van der Waals surface area contributed by atoms with Crippen molar-refractivity contribution in [3.05, 3.63) is 65.0 Å². The molecule has 0 saturated heterocycles. The van der Waals surface area contributed by atoms with Gasteiger partial charge in [0.05, 0.1) is 16.7 Å². The Morgan fingerprint density at radius 2 is 1.64 bits per heavy atom. The number of anilines is 1. The summed E-state index contributed by atoms with van der Waals surface area (Å²) in [6.07, 6.45) is 0. The number of amides is 1. The Balaban J connectivity index is 2.32. The number of carbonyl (C=O) groups excluding carboxylic acids is 2. The molecular weight excluding hydrogens is 289 g/mol. The van der Waals surface area contributed by atoms with E-state index in [1.54, 1.807) is 0 Å². The first-order valence-corrected chi connectivity index (χ1v) is 6.34. The summed E-state index contributed by atoms with van der Waals surface area (Å²) in [5, 5.41) is 11.5. The summed E-state index contributed by atoms with van der Waals surface area (Å²) in [6, 6.07) is 9.29. The van der Waals surface area contributed by atoms with Crippen LogP contribution in [0.1, 0.15) is 38.0 Å². The summed E-state index contributed by atoms with van der Waals surface area (Å²) >= 11 is 0. The van der Waals surface area contributed by atoms with E-state index in [4.69, 9.17) is 5.11 Å². The van der Waals surface area contributed by atoms with Crippen molar-refractivity contribution in [2.24, 2.45) is 0 Å². The summed E-state index contributed by atoms with van der Waals surface area (Å²) in [6.45, 7) is 1.21.